The number of fused-ring (bicyclic) bond motifs is 3. The minimum Gasteiger partial charge on any atom is -0.507 e. The van der Waals surface area contributed by atoms with E-state index in [1.54, 1.807) is 6.92 Å². The number of nitrogens with one attached hydrogen (secondary N) is 1. The molecule has 2 aromatic carbocycles. The summed E-state index contributed by atoms with van der Waals surface area (Å²) in [5, 5.41) is 34.3. The Bertz CT molecular complexity index is 1320. The largest absolute Gasteiger partial charge is 0.507 e. The highest BCUT2D eigenvalue weighted by Gasteiger charge is 2.56. The summed E-state index contributed by atoms with van der Waals surface area (Å²) in [6, 6.07) is 9.04. The van der Waals surface area contributed by atoms with Crippen LogP contribution in [0.5, 0.6) is 17.2 Å². The SMILES string of the molecule is CC(=O)c1c(O)c(C)c(O)c2c1OC1=CC(=O)C(=C(C)NC(CO)Cc3ccccc3)C(=O)C12C. The molecule has 4 rings (SSSR count). The van der Waals surface area contributed by atoms with Gasteiger partial charge in [-0.25, -0.2) is 0 Å². The number of Topliss-reactive ketones (excluding diaryl/α,β-unsaturated/α-hetero) is 2. The second kappa shape index (κ2) is 8.70. The third-order valence-corrected chi connectivity index (χ3v) is 6.73. The van der Waals surface area contributed by atoms with Crippen LogP contribution >= 0.6 is 0 Å². The van der Waals surface area contributed by atoms with Crippen molar-refractivity contribution >= 4 is 17.3 Å². The Morgan fingerprint density at radius 1 is 1.11 bits per heavy atom. The van der Waals surface area contributed by atoms with Gasteiger partial charge in [0.15, 0.2) is 17.3 Å². The van der Waals surface area contributed by atoms with Crippen LogP contribution in [0.3, 0.4) is 0 Å². The Kier molecular flexibility index (Phi) is 6.02. The minimum atomic E-state index is -1.58. The average Bonchev–Trinajstić information content (AvgIpc) is 3.10. The molecule has 2 aromatic rings. The summed E-state index contributed by atoms with van der Waals surface area (Å²) in [7, 11) is 0. The van der Waals surface area contributed by atoms with Crippen molar-refractivity contribution in [3.63, 3.8) is 0 Å². The molecule has 0 spiro atoms. The monoisotopic (exact) mass is 477 g/mol. The van der Waals surface area contributed by atoms with Gasteiger partial charge in [0.25, 0.3) is 0 Å². The highest BCUT2D eigenvalue weighted by molar-refractivity contribution is 6.31. The second-order valence-electron chi connectivity index (χ2n) is 9.10. The molecule has 0 fully saturated rings. The van der Waals surface area contributed by atoms with Crippen molar-refractivity contribution < 1.29 is 34.4 Å². The lowest BCUT2D eigenvalue weighted by molar-refractivity contribution is -0.123. The van der Waals surface area contributed by atoms with Crippen LogP contribution < -0.4 is 10.1 Å². The summed E-state index contributed by atoms with van der Waals surface area (Å²) in [6.45, 7) is 5.54. The molecule has 182 valence electrons. The van der Waals surface area contributed by atoms with Gasteiger partial charge in [-0.05, 0) is 39.7 Å². The molecule has 8 nitrogen and oxygen atoms in total. The van der Waals surface area contributed by atoms with Crippen LogP contribution in [0.4, 0.5) is 0 Å². The number of phenols is 2. The topological polar surface area (TPSA) is 133 Å². The highest BCUT2D eigenvalue weighted by atomic mass is 16.5. The maximum Gasteiger partial charge on any atom is 0.194 e. The summed E-state index contributed by atoms with van der Waals surface area (Å²) in [6.07, 6.45) is 1.64. The summed E-state index contributed by atoms with van der Waals surface area (Å²) in [4.78, 5) is 39.2. The van der Waals surface area contributed by atoms with E-state index in [1.807, 2.05) is 30.3 Å². The van der Waals surface area contributed by atoms with Crippen molar-refractivity contribution in [3.05, 3.63) is 75.7 Å². The molecule has 0 bridgehead atoms. The average molecular weight is 478 g/mol. The quantitative estimate of drug-likeness (QED) is 0.284. The van der Waals surface area contributed by atoms with Crippen LogP contribution in [0.2, 0.25) is 0 Å². The fourth-order valence-corrected chi connectivity index (χ4v) is 4.80. The molecule has 35 heavy (non-hydrogen) atoms. The first kappa shape index (κ1) is 24.2. The molecular formula is C27H27NO7. The number of hydrogen-bond acceptors (Lipinski definition) is 8. The van der Waals surface area contributed by atoms with Gasteiger partial charge in [0.2, 0.25) is 0 Å². The first-order valence-electron chi connectivity index (χ1n) is 11.2. The summed E-state index contributed by atoms with van der Waals surface area (Å²) in [5.41, 5.74) is -0.542. The van der Waals surface area contributed by atoms with Crippen LogP contribution in [0.15, 0.2) is 53.4 Å². The maximum absolute atomic E-state index is 13.8. The number of carbonyl (C=O) groups excluding carboxylic acids is 3. The summed E-state index contributed by atoms with van der Waals surface area (Å²) < 4.78 is 5.77. The number of rotatable bonds is 6. The van der Waals surface area contributed by atoms with E-state index in [9.17, 15) is 29.7 Å². The molecule has 0 radical (unpaired) electrons. The third kappa shape index (κ3) is 3.70. The zero-order chi connectivity index (χ0) is 25.7. The smallest absolute Gasteiger partial charge is 0.194 e. The number of ketones is 3. The van der Waals surface area contributed by atoms with Crippen molar-refractivity contribution in [1.29, 1.82) is 0 Å². The van der Waals surface area contributed by atoms with Gasteiger partial charge >= 0.3 is 0 Å². The molecule has 2 aliphatic rings. The number of aliphatic hydroxyl groups excluding tert-OH is 1. The first-order chi connectivity index (χ1) is 16.5. The highest BCUT2D eigenvalue weighted by Crippen LogP contribution is 2.57. The fraction of sp³-hybridized carbons (Fsp3) is 0.296. The van der Waals surface area contributed by atoms with Crippen molar-refractivity contribution in [2.45, 2.75) is 45.6 Å². The van der Waals surface area contributed by atoms with Gasteiger partial charge < -0.3 is 25.4 Å². The maximum atomic E-state index is 13.8. The van der Waals surface area contributed by atoms with E-state index in [0.29, 0.717) is 6.42 Å². The van der Waals surface area contributed by atoms with Crippen LogP contribution in [0.1, 0.15) is 47.8 Å². The van der Waals surface area contributed by atoms with Gasteiger partial charge in [-0.1, -0.05) is 30.3 Å². The number of benzene rings is 2. The molecule has 0 saturated heterocycles. The van der Waals surface area contributed by atoms with E-state index in [4.69, 9.17) is 4.74 Å². The van der Waals surface area contributed by atoms with Crippen molar-refractivity contribution in [2.24, 2.45) is 0 Å². The Morgan fingerprint density at radius 2 is 1.77 bits per heavy atom. The van der Waals surface area contributed by atoms with E-state index in [-0.39, 0.29) is 51.8 Å². The molecule has 8 heteroatoms. The molecule has 1 aliphatic heterocycles. The molecule has 0 saturated carbocycles. The van der Waals surface area contributed by atoms with E-state index >= 15 is 0 Å². The van der Waals surface area contributed by atoms with Gasteiger partial charge in [-0.2, -0.15) is 0 Å². The number of allylic oxidation sites excluding steroid dienone is 4. The summed E-state index contributed by atoms with van der Waals surface area (Å²) >= 11 is 0. The number of hydrogen-bond donors (Lipinski definition) is 4. The third-order valence-electron chi connectivity index (χ3n) is 6.73. The number of carbonyl (C=O) groups is 3. The van der Waals surface area contributed by atoms with Gasteiger partial charge in [0.1, 0.15) is 34.0 Å². The lowest BCUT2D eigenvalue weighted by atomic mass is 9.70. The van der Waals surface area contributed by atoms with Crippen molar-refractivity contribution in [3.8, 4) is 17.2 Å². The molecular weight excluding hydrogens is 450 g/mol. The van der Waals surface area contributed by atoms with E-state index in [0.717, 1.165) is 5.56 Å². The molecule has 2 atom stereocenters. The molecule has 1 aliphatic carbocycles. The van der Waals surface area contributed by atoms with Crippen molar-refractivity contribution in [2.75, 3.05) is 6.61 Å². The van der Waals surface area contributed by atoms with Gasteiger partial charge in [0.05, 0.1) is 23.8 Å². The number of ether oxygens (including phenoxy) is 1. The van der Waals surface area contributed by atoms with E-state index < -0.39 is 34.6 Å². The van der Waals surface area contributed by atoms with E-state index in [1.165, 1.54) is 26.8 Å². The molecule has 1 heterocycles. The summed E-state index contributed by atoms with van der Waals surface area (Å²) in [5.74, 6) is -2.68. The lowest BCUT2D eigenvalue weighted by Crippen LogP contribution is -2.42. The van der Waals surface area contributed by atoms with Crippen LogP contribution in [0.25, 0.3) is 0 Å². The predicted octanol–water partition coefficient (Wildman–Crippen LogP) is 2.76. The van der Waals surface area contributed by atoms with Gasteiger partial charge in [-0.3, -0.25) is 14.4 Å². The fourth-order valence-electron chi connectivity index (χ4n) is 4.80. The zero-order valence-electron chi connectivity index (χ0n) is 19.9. The molecule has 4 N–H and O–H groups in total. The molecule has 0 amide bonds. The second-order valence-corrected chi connectivity index (χ2v) is 9.10. The number of aromatic hydroxyl groups is 2. The van der Waals surface area contributed by atoms with Gasteiger partial charge in [-0.15, -0.1) is 0 Å². The Balaban J connectivity index is 1.80. The lowest BCUT2D eigenvalue weighted by Gasteiger charge is -2.29. The predicted molar refractivity (Wildman–Crippen MR) is 127 cm³/mol. The number of phenolic OH excluding ortho intramolecular Hbond substituents is 2. The zero-order valence-corrected chi connectivity index (χ0v) is 19.9. The normalized spacial score (nSPS) is 21.0. The standard InChI is InChI=1S/C27H27NO7/c1-13-23(32)21(15(3)30)25-22(24(13)33)27(4)19(35-25)11-18(31)20(26(27)34)14(2)28-17(12-29)10-16-8-6-5-7-9-16/h5-9,11,17,28-29,32-33H,10,12H2,1-4H3. The van der Waals surface area contributed by atoms with Gasteiger partial charge in [0, 0.05) is 17.3 Å². The minimum absolute atomic E-state index is 0.0233. The Labute approximate surface area is 202 Å². The van der Waals surface area contributed by atoms with Crippen LogP contribution in [-0.4, -0.2) is 45.3 Å². The Morgan fingerprint density at radius 3 is 2.37 bits per heavy atom. The molecule has 2 unspecified atom stereocenters. The van der Waals surface area contributed by atoms with Crippen LogP contribution in [0, 0.1) is 6.92 Å². The van der Waals surface area contributed by atoms with E-state index in [2.05, 4.69) is 5.32 Å². The first-order valence-corrected chi connectivity index (χ1v) is 11.2. The number of aliphatic hydroxyl groups is 1. The Hall–Kier alpha value is -3.91. The van der Waals surface area contributed by atoms with Crippen molar-refractivity contribution in [1.82, 2.24) is 5.32 Å². The molecule has 0 aromatic heterocycles. The van der Waals surface area contributed by atoms with Crippen LogP contribution in [-0.2, 0) is 21.4 Å².